The molecule has 0 saturated carbocycles. The van der Waals surface area contributed by atoms with Crippen molar-refractivity contribution >= 4 is 11.3 Å². The molecular formula is C10H7NOS. The van der Waals surface area contributed by atoms with Gasteiger partial charge in [-0.05, 0) is 12.1 Å². The topological polar surface area (TPSA) is 22.1 Å². The quantitative estimate of drug-likeness (QED) is 0.635. The van der Waals surface area contributed by atoms with Gasteiger partial charge in [0.1, 0.15) is 12.4 Å². The van der Waals surface area contributed by atoms with E-state index in [0.717, 1.165) is 17.0 Å². The molecule has 2 aromatic rings. The maximum absolute atomic E-state index is 5.58. The molecule has 3 rings (SSSR count). The van der Waals surface area contributed by atoms with Gasteiger partial charge in [0.2, 0.25) is 0 Å². The molecule has 0 N–H and O–H groups in total. The van der Waals surface area contributed by atoms with Crippen molar-refractivity contribution < 1.29 is 4.74 Å². The lowest BCUT2D eigenvalue weighted by Gasteiger charge is -2.15. The largest absolute Gasteiger partial charge is 0.487 e. The third-order valence-corrected chi connectivity index (χ3v) is 2.95. The van der Waals surface area contributed by atoms with Crippen molar-refractivity contribution in [2.45, 2.75) is 6.61 Å². The number of thiazole rings is 1. The number of hydrogen-bond donors (Lipinski definition) is 0. The van der Waals surface area contributed by atoms with Gasteiger partial charge in [0.25, 0.3) is 0 Å². The molecule has 0 unspecified atom stereocenters. The van der Waals surface area contributed by atoms with Crippen molar-refractivity contribution in [3.05, 3.63) is 34.7 Å². The second-order valence-corrected chi connectivity index (χ2v) is 3.85. The van der Waals surface area contributed by atoms with Crippen LogP contribution < -0.4 is 4.74 Å². The third kappa shape index (κ3) is 0.971. The molecule has 1 aliphatic rings. The first kappa shape index (κ1) is 7.09. The highest BCUT2D eigenvalue weighted by Gasteiger charge is 2.18. The molecule has 1 aromatic carbocycles. The highest BCUT2D eigenvalue weighted by Crippen LogP contribution is 2.37. The summed E-state index contributed by atoms with van der Waals surface area (Å²) in [6, 6.07) is 8.03. The lowest BCUT2D eigenvalue weighted by atomic mass is 10.1. The summed E-state index contributed by atoms with van der Waals surface area (Å²) in [6.45, 7) is 0.664. The summed E-state index contributed by atoms with van der Waals surface area (Å²) in [5.74, 6) is 0.945. The minimum Gasteiger partial charge on any atom is -0.487 e. The summed E-state index contributed by atoms with van der Waals surface area (Å²) in [5.41, 5.74) is 4.08. The zero-order valence-electron chi connectivity index (χ0n) is 6.86. The van der Waals surface area contributed by atoms with Gasteiger partial charge in [0.15, 0.2) is 0 Å². The van der Waals surface area contributed by atoms with Crippen molar-refractivity contribution in [3.8, 4) is 17.0 Å². The molecule has 2 heterocycles. The summed E-state index contributed by atoms with van der Waals surface area (Å²) in [5, 5.41) is 0. The normalized spacial score (nSPS) is 12.9. The van der Waals surface area contributed by atoms with E-state index in [2.05, 4.69) is 4.98 Å². The van der Waals surface area contributed by atoms with E-state index < -0.39 is 0 Å². The molecule has 13 heavy (non-hydrogen) atoms. The number of hydrogen-bond acceptors (Lipinski definition) is 3. The Morgan fingerprint density at radius 2 is 2.23 bits per heavy atom. The standard InChI is InChI=1S/C10H7NOS/c1-2-4-8-7(3-1)10-9(5-12-8)13-6-11-10/h1-4,6H,5H2. The van der Waals surface area contributed by atoms with Crippen LogP contribution in [0.15, 0.2) is 29.8 Å². The van der Waals surface area contributed by atoms with Crippen LogP contribution in [0, 0.1) is 0 Å². The van der Waals surface area contributed by atoms with Crippen LogP contribution in [0.5, 0.6) is 5.75 Å². The summed E-state index contributed by atoms with van der Waals surface area (Å²) < 4.78 is 5.58. The molecule has 0 bridgehead atoms. The molecule has 0 aliphatic carbocycles. The average Bonchev–Trinajstić information content (AvgIpc) is 2.65. The Morgan fingerprint density at radius 3 is 3.23 bits per heavy atom. The Labute approximate surface area is 79.8 Å². The Hall–Kier alpha value is -1.35. The van der Waals surface area contributed by atoms with Crippen LogP contribution in [0.1, 0.15) is 4.88 Å². The van der Waals surface area contributed by atoms with E-state index >= 15 is 0 Å². The molecule has 0 fully saturated rings. The molecule has 3 heteroatoms. The Balaban J connectivity index is 2.30. The van der Waals surface area contributed by atoms with Crippen molar-refractivity contribution in [2.24, 2.45) is 0 Å². The number of rotatable bonds is 0. The van der Waals surface area contributed by atoms with Gasteiger partial charge >= 0.3 is 0 Å². The van der Waals surface area contributed by atoms with Crippen molar-refractivity contribution in [1.82, 2.24) is 4.98 Å². The number of fused-ring (bicyclic) bond motifs is 3. The number of benzene rings is 1. The van der Waals surface area contributed by atoms with E-state index in [-0.39, 0.29) is 0 Å². The molecule has 2 nitrogen and oxygen atoms in total. The molecule has 0 radical (unpaired) electrons. The van der Waals surface area contributed by atoms with Crippen LogP contribution in [0.25, 0.3) is 11.3 Å². The highest BCUT2D eigenvalue weighted by molar-refractivity contribution is 7.10. The molecule has 0 spiro atoms. The van der Waals surface area contributed by atoms with E-state index in [9.17, 15) is 0 Å². The van der Waals surface area contributed by atoms with E-state index in [1.807, 2.05) is 29.8 Å². The molecule has 0 amide bonds. The lowest BCUT2D eigenvalue weighted by molar-refractivity contribution is 0.305. The van der Waals surface area contributed by atoms with Crippen LogP contribution in [0.2, 0.25) is 0 Å². The minimum atomic E-state index is 0.664. The van der Waals surface area contributed by atoms with Gasteiger partial charge in [-0.1, -0.05) is 12.1 Å². The maximum Gasteiger partial charge on any atom is 0.129 e. The van der Waals surface area contributed by atoms with Crippen molar-refractivity contribution in [3.63, 3.8) is 0 Å². The zero-order chi connectivity index (χ0) is 8.67. The summed E-state index contributed by atoms with van der Waals surface area (Å²) in [4.78, 5) is 5.56. The first-order valence-electron chi connectivity index (χ1n) is 4.10. The Morgan fingerprint density at radius 1 is 1.31 bits per heavy atom. The Kier molecular flexibility index (Phi) is 1.40. The fraction of sp³-hybridized carbons (Fsp3) is 0.100. The van der Waals surface area contributed by atoms with Crippen molar-refractivity contribution in [1.29, 1.82) is 0 Å². The van der Waals surface area contributed by atoms with E-state index in [0.29, 0.717) is 6.61 Å². The predicted molar refractivity (Wildman–Crippen MR) is 51.9 cm³/mol. The first-order valence-corrected chi connectivity index (χ1v) is 4.97. The molecular weight excluding hydrogens is 182 g/mol. The minimum absolute atomic E-state index is 0.664. The van der Waals surface area contributed by atoms with Crippen LogP contribution >= 0.6 is 11.3 Å². The number of ether oxygens (including phenoxy) is 1. The second kappa shape index (κ2) is 2.57. The van der Waals surface area contributed by atoms with Gasteiger partial charge in [0.05, 0.1) is 16.1 Å². The predicted octanol–water partition coefficient (Wildman–Crippen LogP) is 2.70. The number of aromatic nitrogens is 1. The van der Waals surface area contributed by atoms with Gasteiger partial charge in [-0.25, -0.2) is 4.98 Å². The summed E-state index contributed by atoms with van der Waals surface area (Å²) in [7, 11) is 0. The smallest absolute Gasteiger partial charge is 0.129 e. The van der Waals surface area contributed by atoms with Gasteiger partial charge in [-0.15, -0.1) is 11.3 Å². The molecule has 1 aromatic heterocycles. The fourth-order valence-corrected chi connectivity index (χ4v) is 2.21. The fourth-order valence-electron chi connectivity index (χ4n) is 1.52. The van der Waals surface area contributed by atoms with E-state index in [4.69, 9.17) is 4.74 Å². The monoisotopic (exact) mass is 189 g/mol. The highest BCUT2D eigenvalue weighted by atomic mass is 32.1. The van der Waals surface area contributed by atoms with Gasteiger partial charge < -0.3 is 4.74 Å². The number of para-hydroxylation sites is 1. The van der Waals surface area contributed by atoms with Gasteiger partial charge in [-0.3, -0.25) is 0 Å². The second-order valence-electron chi connectivity index (χ2n) is 2.91. The lowest BCUT2D eigenvalue weighted by Crippen LogP contribution is -2.02. The number of nitrogens with zero attached hydrogens (tertiary/aromatic N) is 1. The van der Waals surface area contributed by atoms with E-state index in [1.165, 1.54) is 4.88 Å². The summed E-state index contributed by atoms with van der Waals surface area (Å²) >= 11 is 1.65. The van der Waals surface area contributed by atoms with Gasteiger partial charge in [0, 0.05) is 5.56 Å². The molecule has 64 valence electrons. The molecule has 0 saturated heterocycles. The van der Waals surface area contributed by atoms with Crippen molar-refractivity contribution in [2.75, 3.05) is 0 Å². The van der Waals surface area contributed by atoms with Crippen LogP contribution in [0.3, 0.4) is 0 Å². The Bertz CT molecular complexity index is 450. The first-order chi connectivity index (χ1) is 6.45. The third-order valence-electron chi connectivity index (χ3n) is 2.14. The molecule has 0 atom stereocenters. The average molecular weight is 189 g/mol. The van der Waals surface area contributed by atoms with Crippen LogP contribution in [-0.4, -0.2) is 4.98 Å². The van der Waals surface area contributed by atoms with Crippen LogP contribution in [0.4, 0.5) is 0 Å². The maximum atomic E-state index is 5.58. The van der Waals surface area contributed by atoms with E-state index in [1.54, 1.807) is 11.3 Å². The summed E-state index contributed by atoms with van der Waals surface area (Å²) in [6.07, 6.45) is 0. The van der Waals surface area contributed by atoms with Crippen LogP contribution in [-0.2, 0) is 6.61 Å². The SMILES string of the molecule is c1ccc2c(c1)OCc1scnc1-2. The molecule has 1 aliphatic heterocycles. The zero-order valence-corrected chi connectivity index (χ0v) is 7.67. The van der Waals surface area contributed by atoms with Gasteiger partial charge in [-0.2, -0.15) is 0 Å².